The molecule has 0 atom stereocenters. The van der Waals surface area contributed by atoms with Crippen molar-refractivity contribution in [3.05, 3.63) is 0 Å². The number of hydrogen-bond donors (Lipinski definition) is 1. The van der Waals surface area contributed by atoms with Gasteiger partial charge in [0.25, 0.3) is 0 Å². The van der Waals surface area contributed by atoms with Crippen molar-refractivity contribution in [3.8, 4) is 0 Å². The lowest BCUT2D eigenvalue weighted by Crippen LogP contribution is -2.42. The molecule has 0 bridgehead atoms. The first kappa shape index (κ1) is 12.3. The van der Waals surface area contributed by atoms with Crippen molar-refractivity contribution in [1.82, 2.24) is 5.32 Å². The molecule has 0 heterocycles. The Labute approximate surface area is 81.7 Å². The van der Waals surface area contributed by atoms with Gasteiger partial charge in [-0.25, -0.2) is 0 Å². The minimum Gasteiger partial charge on any atom is -0.311 e. The van der Waals surface area contributed by atoms with E-state index in [0.717, 1.165) is 6.54 Å². The topological polar surface area (TPSA) is 12.0 Å². The molecule has 0 aliphatic rings. The van der Waals surface area contributed by atoms with E-state index in [0.29, 0.717) is 5.54 Å². The maximum atomic E-state index is 3.61. The van der Waals surface area contributed by atoms with Crippen LogP contribution in [0.3, 0.4) is 0 Å². The zero-order valence-corrected chi connectivity index (χ0v) is 9.76. The van der Waals surface area contributed by atoms with E-state index >= 15 is 0 Å². The van der Waals surface area contributed by atoms with Gasteiger partial charge in [0, 0.05) is 17.8 Å². The Morgan fingerprint density at radius 3 is 2.17 bits per heavy atom. The number of hydrogen-bond acceptors (Lipinski definition) is 2. The molecular formula is C10H23NS. The van der Waals surface area contributed by atoms with Gasteiger partial charge >= 0.3 is 0 Å². The van der Waals surface area contributed by atoms with Crippen LogP contribution in [0.2, 0.25) is 0 Å². The molecule has 0 spiro atoms. The molecule has 0 unspecified atom stereocenters. The third-order valence-electron chi connectivity index (χ3n) is 2.56. The lowest BCUT2D eigenvalue weighted by atomic mass is 9.96. The summed E-state index contributed by atoms with van der Waals surface area (Å²) in [5.41, 5.74) is 0.369. The van der Waals surface area contributed by atoms with Gasteiger partial charge in [-0.3, -0.25) is 0 Å². The Hall–Kier alpha value is 0.310. The second-order valence-electron chi connectivity index (χ2n) is 3.39. The average molecular weight is 189 g/mol. The van der Waals surface area contributed by atoms with Crippen LogP contribution in [-0.2, 0) is 0 Å². The molecule has 0 aliphatic heterocycles. The molecular weight excluding hydrogens is 166 g/mol. The molecule has 0 radical (unpaired) electrons. The Bertz CT molecular complexity index is 100. The van der Waals surface area contributed by atoms with Crippen molar-refractivity contribution >= 4 is 11.8 Å². The number of thioether (sulfide) groups is 1. The van der Waals surface area contributed by atoms with E-state index in [4.69, 9.17) is 0 Å². The molecule has 0 amide bonds. The summed E-state index contributed by atoms with van der Waals surface area (Å²) in [6.45, 7) is 10.2. The monoisotopic (exact) mass is 189 g/mol. The first-order valence-electron chi connectivity index (χ1n) is 5.01. The largest absolute Gasteiger partial charge is 0.311 e. The average Bonchev–Trinajstić information content (AvgIpc) is 2.12. The molecule has 0 aromatic heterocycles. The summed E-state index contributed by atoms with van der Waals surface area (Å²) >= 11 is 2.01. The van der Waals surface area contributed by atoms with Crippen molar-refractivity contribution in [2.75, 3.05) is 18.1 Å². The smallest absolute Gasteiger partial charge is 0.0148 e. The number of nitrogens with one attached hydrogen (secondary N) is 1. The first-order chi connectivity index (χ1) is 5.68. The Morgan fingerprint density at radius 2 is 1.75 bits per heavy atom. The maximum absolute atomic E-state index is 3.61. The van der Waals surface area contributed by atoms with Crippen LogP contribution >= 0.6 is 11.8 Å². The van der Waals surface area contributed by atoms with Gasteiger partial charge < -0.3 is 5.32 Å². The van der Waals surface area contributed by atoms with Gasteiger partial charge in [-0.05, 0) is 25.5 Å². The van der Waals surface area contributed by atoms with Crippen LogP contribution in [0.25, 0.3) is 0 Å². The van der Waals surface area contributed by atoms with Crippen molar-refractivity contribution in [2.24, 2.45) is 0 Å². The SMILES string of the molecule is CCSCCNC(C)(CC)CC. The normalized spacial score (nSPS) is 12.0. The van der Waals surface area contributed by atoms with E-state index in [1.54, 1.807) is 0 Å². The molecule has 0 fully saturated rings. The fourth-order valence-corrected chi connectivity index (χ4v) is 1.60. The van der Waals surface area contributed by atoms with Crippen LogP contribution in [0.1, 0.15) is 40.5 Å². The van der Waals surface area contributed by atoms with E-state index in [1.807, 2.05) is 11.8 Å². The van der Waals surface area contributed by atoms with Gasteiger partial charge in [0.1, 0.15) is 0 Å². The highest BCUT2D eigenvalue weighted by atomic mass is 32.2. The van der Waals surface area contributed by atoms with Crippen LogP contribution < -0.4 is 5.32 Å². The summed E-state index contributed by atoms with van der Waals surface area (Å²) in [5, 5.41) is 3.61. The van der Waals surface area contributed by atoms with Gasteiger partial charge in [-0.1, -0.05) is 20.8 Å². The zero-order chi connectivity index (χ0) is 9.45. The number of rotatable bonds is 7. The minimum absolute atomic E-state index is 0.369. The van der Waals surface area contributed by atoms with E-state index < -0.39 is 0 Å². The summed E-state index contributed by atoms with van der Waals surface area (Å²) in [6.07, 6.45) is 2.45. The molecule has 12 heavy (non-hydrogen) atoms. The summed E-state index contributed by atoms with van der Waals surface area (Å²) in [6, 6.07) is 0. The molecule has 74 valence electrons. The predicted octanol–water partition coefficient (Wildman–Crippen LogP) is 2.91. The molecule has 0 aliphatic carbocycles. The van der Waals surface area contributed by atoms with Crippen LogP contribution in [-0.4, -0.2) is 23.6 Å². The minimum atomic E-state index is 0.369. The van der Waals surface area contributed by atoms with E-state index in [-0.39, 0.29) is 0 Å². The van der Waals surface area contributed by atoms with Crippen molar-refractivity contribution in [1.29, 1.82) is 0 Å². The van der Waals surface area contributed by atoms with Crippen LogP contribution in [0.5, 0.6) is 0 Å². The fourth-order valence-electron chi connectivity index (χ4n) is 1.07. The molecule has 2 heteroatoms. The molecule has 1 nitrogen and oxygen atoms in total. The lowest BCUT2D eigenvalue weighted by Gasteiger charge is -2.28. The highest BCUT2D eigenvalue weighted by Crippen LogP contribution is 2.13. The third kappa shape index (κ3) is 5.04. The molecule has 0 aromatic rings. The van der Waals surface area contributed by atoms with Gasteiger partial charge in [0.15, 0.2) is 0 Å². The molecule has 0 aromatic carbocycles. The van der Waals surface area contributed by atoms with E-state index in [2.05, 4.69) is 33.0 Å². The van der Waals surface area contributed by atoms with Crippen LogP contribution in [0.4, 0.5) is 0 Å². The Morgan fingerprint density at radius 1 is 1.17 bits per heavy atom. The fraction of sp³-hybridized carbons (Fsp3) is 1.00. The lowest BCUT2D eigenvalue weighted by molar-refractivity contribution is 0.341. The highest BCUT2D eigenvalue weighted by Gasteiger charge is 2.17. The van der Waals surface area contributed by atoms with E-state index in [9.17, 15) is 0 Å². The maximum Gasteiger partial charge on any atom is 0.0148 e. The summed E-state index contributed by atoms with van der Waals surface area (Å²) < 4.78 is 0. The van der Waals surface area contributed by atoms with Gasteiger partial charge in [0.05, 0.1) is 0 Å². The summed E-state index contributed by atoms with van der Waals surface area (Å²) in [4.78, 5) is 0. The summed E-state index contributed by atoms with van der Waals surface area (Å²) in [7, 11) is 0. The standard InChI is InChI=1S/C10H23NS/c1-5-10(4,6-2)11-8-9-12-7-3/h11H,5-9H2,1-4H3. The quantitative estimate of drug-likeness (QED) is 0.618. The Balaban J connectivity index is 3.45. The van der Waals surface area contributed by atoms with Gasteiger partial charge in [0.2, 0.25) is 0 Å². The highest BCUT2D eigenvalue weighted by molar-refractivity contribution is 7.99. The summed E-state index contributed by atoms with van der Waals surface area (Å²) in [5.74, 6) is 2.47. The molecule has 0 saturated carbocycles. The second-order valence-corrected chi connectivity index (χ2v) is 4.79. The Kier molecular flexibility index (Phi) is 6.96. The van der Waals surface area contributed by atoms with Crippen molar-refractivity contribution in [2.45, 2.75) is 46.1 Å². The van der Waals surface area contributed by atoms with Crippen molar-refractivity contribution < 1.29 is 0 Å². The molecule has 0 rings (SSSR count). The van der Waals surface area contributed by atoms with E-state index in [1.165, 1.54) is 24.3 Å². The zero-order valence-electron chi connectivity index (χ0n) is 8.94. The molecule has 0 saturated heterocycles. The first-order valence-corrected chi connectivity index (χ1v) is 6.16. The van der Waals surface area contributed by atoms with Crippen molar-refractivity contribution in [3.63, 3.8) is 0 Å². The van der Waals surface area contributed by atoms with Gasteiger partial charge in [-0.15, -0.1) is 0 Å². The second kappa shape index (κ2) is 6.79. The van der Waals surface area contributed by atoms with Crippen LogP contribution in [0.15, 0.2) is 0 Å². The van der Waals surface area contributed by atoms with Gasteiger partial charge in [-0.2, -0.15) is 11.8 Å². The van der Waals surface area contributed by atoms with Crippen LogP contribution in [0, 0.1) is 0 Å². The molecule has 1 N–H and O–H groups in total. The third-order valence-corrected chi connectivity index (χ3v) is 3.46. The predicted molar refractivity (Wildman–Crippen MR) is 60.0 cm³/mol.